The van der Waals surface area contributed by atoms with E-state index in [4.69, 9.17) is 4.74 Å². The number of amides is 2. The van der Waals surface area contributed by atoms with Gasteiger partial charge in [-0.05, 0) is 63.1 Å². The van der Waals surface area contributed by atoms with Gasteiger partial charge < -0.3 is 20.3 Å². The zero-order valence-corrected chi connectivity index (χ0v) is 18.9. The second-order valence-electron chi connectivity index (χ2n) is 9.36. The van der Waals surface area contributed by atoms with Gasteiger partial charge in [-0.3, -0.25) is 9.59 Å². The number of carbonyl (C=O) groups is 2. The monoisotopic (exact) mass is 427 g/mol. The molecule has 2 heterocycles. The number of benzene rings is 1. The first-order chi connectivity index (χ1) is 15.1. The summed E-state index contributed by atoms with van der Waals surface area (Å²) in [5, 5.41) is 6.09. The van der Waals surface area contributed by atoms with E-state index in [0.717, 1.165) is 51.4 Å². The molecule has 0 bridgehead atoms. The van der Waals surface area contributed by atoms with E-state index in [0.29, 0.717) is 13.0 Å². The maximum atomic E-state index is 13.5. The van der Waals surface area contributed by atoms with Gasteiger partial charge in [0.25, 0.3) is 0 Å². The Morgan fingerprint density at radius 1 is 1.13 bits per heavy atom. The SMILES string of the molecule is CCC(NC)C(=O)N[C@H]1CCCC[C@H]2CC[C@@H](COC3Cc4ccccc4C3)N2C1=O. The van der Waals surface area contributed by atoms with Crippen LogP contribution in [0, 0.1) is 0 Å². The van der Waals surface area contributed by atoms with E-state index in [1.807, 2.05) is 6.92 Å². The maximum Gasteiger partial charge on any atom is 0.245 e. The van der Waals surface area contributed by atoms with E-state index in [2.05, 4.69) is 39.8 Å². The fraction of sp³-hybridized carbons (Fsp3) is 0.680. The number of nitrogens with one attached hydrogen (secondary N) is 2. The molecule has 2 saturated heterocycles. The van der Waals surface area contributed by atoms with Crippen molar-refractivity contribution in [2.24, 2.45) is 0 Å². The molecule has 1 aromatic rings. The molecule has 0 radical (unpaired) electrons. The predicted molar refractivity (Wildman–Crippen MR) is 121 cm³/mol. The third-order valence-corrected chi connectivity index (χ3v) is 7.38. The Labute approximate surface area is 186 Å². The number of likely N-dealkylation sites (N-methyl/N-ethyl adjacent to an activating group) is 1. The van der Waals surface area contributed by atoms with Crippen molar-refractivity contribution < 1.29 is 14.3 Å². The highest BCUT2D eigenvalue weighted by molar-refractivity contribution is 5.90. The molecule has 6 heteroatoms. The maximum absolute atomic E-state index is 13.5. The molecule has 170 valence electrons. The molecule has 2 aliphatic heterocycles. The molecule has 4 atom stereocenters. The summed E-state index contributed by atoms with van der Waals surface area (Å²) in [5.74, 6) is 0.0148. The molecule has 2 N–H and O–H groups in total. The number of hydrogen-bond donors (Lipinski definition) is 2. The van der Waals surface area contributed by atoms with Crippen LogP contribution in [0.5, 0.6) is 0 Å². The van der Waals surface area contributed by atoms with E-state index in [9.17, 15) is 9.59 Å². The average Bonchev–Trinajstić information content (AvgIpc) is 3.36. The van der Waals surface area contributed by atoms with Crippen molar-refractivity contribution in [3.8, 4) is 0 Å². The fourth-order valence-corrected chi connectivity index (χ4v) is 5.61. The minimum absolute atomic E-state index is 0.0730. The van der Waals surface area contributed by atoms with Crippen molar-refractivity contribution >= 4 is 11.8 Å². The van der Waals surface area contributed by atoms with Crippen molar-refractivity contribution in [1.82, 2.24) is 15.5 Å². The van der Waals surface area contributed by atoms with Crippen LogP contribution in [0.1, 0.15) is 63.0 Å². The molecule has 1 aliphatic carbocycles. The highest BCUT2D eigenvalue weighted by Gasteiger charge is 2.41. The summed E-state index contributed by atoms with van der Waals surface area (Å²) in [4.78, 5) is 28.2. The number of fused-ring (bicyclic) bond motifs is 2. The van der Waals surface area contributed by atoms with Gasteiger partial charge in [0.05, 0.1) is 24.8 Å². The molecule has 3 aliphatic rings. The first-order valence-electron chi connectivity index (χ1n) is 12.1. The lowest BCUT2D eigenvalue weighted by Crippen LogP contribution is -2.56. The van der Waals surface area contributed by atoms with Gasteiger partial charge in [0.15, 0.2) is 0 Å². The quantitative estimate of drug-likeness (QED) is 0.702. The Kier molecular flexibility index (Phi) is 7.28. The minimum atomic E-state index is -0.422. The van der Waals surface area contributed by atoms with Crippen molar-refractivity contribution in [2.45, 2.75) is 95.0 Å². The lowest BCUT2D eigenvalue weighted by Gasteiger charge is -2.36. The summed E-state index contributed by atoms with van der Waals surface area (Å²) >= 11 is 0. The van der Waals surface area contributed by atoms with E-state index in [1.165, 1.54) is 11.1 Å². The van der Waals surface area contributed by atoms with Crippen molar-refractivity contribution in [3.63, 3.8) is 0 Å². The lowest BCUT2D eigenvalue weighted by atomic mass is 9.98. The van der Waals surface area contributed by atoms with Crippen LogP contribution in [0.4, 0.5) is 0 Å². The highest BCUT2D eigenvalue weighted by Crippen LogP contribution is 2.32. The van der Waals surface area contributed by atoms with Crippen LogP contribution in [0.3, 0.4) is 0 Å². The van der Waals surface area contributed by atoms with Crippen molar-refractivity contribution in [2.75, 3.05) is 13.7 Å². The van der Waals surface area contributed by atoms with Crippen LogP contribution >= 0.6 is 0 Å². The Bertz CT molecular complexity index is 754. The molecule has 6 nitrogen and oxygen atoms in total. The number of carbonyl (C=O) groups excluding carboxylic acids is 2. The molecule has 1 aromatic carbocycles. The Morgan fingerprint density at radius 3 is 2.52 bits per heavy atom. The Morgan fingerprint density at radius 2 is 1.84 bits per heavy atom. The molecule has 2 amide bonds. The second kappa shape index (κ2) is 10.1. The smallest absolute Gasteiger partial charge is 0.245 e. The lowest BCUT2D eigenvalue weighted by molar-refractivity contribution is -0.141. The first kappa shape index (κ1) is 22.3. The van der Waals surface area contributed by atoms with Crippen LogP contribution < -0.4 is 10.6 Å². The summed E-state index contributed by atoms with van der Waals surface area (Å²) in [7, 11) is 1.79. The van der Waals surface area contributed by atoms with Gasteiger partial charge in [0.2, 0.25) is 11.8 Å². The van der Waals surface area contributed by atoms with Gasteiger partial charge in [-0.2, -0.15) is 0 Å². The number of ether oxygens (including phenoxy) is 1. The molecule has 31 heavy (non-hydrogen) atoms. The Hall–Kier alpha value is -1.92. The molecular formula is C25H37N3O3. The van der Waals surface area contributed by atoms with Gasteiger partial charge in [0, 0.05) is 6.04 Å². The average molecular weight is 428 g/mol. The van der Waals surface area contributed by atoms with Crippen LogP contribution in [0.25, 0.3) is 0 Å². The first-order valence-corrected chi connectivity index (χ1v) is 12.1. The zero-order valence-electron chi connectivity index (χ0n) is 18.9. The van der Waals surface area contributed by atoms with Crippen LogP contribution in [0.15, 0.2) is 24.3 Å². The summed E-state index contributed by atoms with van der Waals surface area (Å²) in [5.41, 5.74) is 2.77. The van der Waals surface area contributed by atoms with Crippen LogP contribution in [0.2, 0.25) is 0 Å². The van der Waals surface area contributed by atoms with Crippen LogP contribution in [-0.4, -0.2) is 60.6 Å². The predicted octanol–water partition coefficient (Wildman–Crippen LogP) is 2.59. The zero-order chi connectivity index (χ0) is 21.8. The molecule has 2 fully saturated rings. The molecular weight excluding hydrogens is 390 g/mol. The summed E-state index contributed by atoms with van der Waals surface area (Å²) in [6.45, 7) is 2.57. The minimum Gasteiger partial charge on any atom is -0.375 e. The van der Waals surface area contributed by atoms with Gasteiger partial charge in [-0.15, -0.1) is 0 Å². The van der Waals surface area contributed by atoms with Gasteiger partial charge in [0.1, 0.15) is 6.04 Å². The third kappa shape index (κ3) is 4.96. The largest absolute Gasteiger partial charge is 0.375 e. The summed E-state index contributed by atoms with van der Waals surface area (Å²) < 4.78 is 6.34. The highest BCUT2D eigenvalue weighted by atomic mass is 16.5. The third-order valence-electron chi connectivity index (χ3n) is 7.38. The van der Waals surface area contributed by atoms with E-state index >= 15 is 0 Å². The number of rotatable bonds is 7. The summed E-state index contributed by atoms with van der Waals surface area (Å²) in [6.07, 6.45) is 8.74. The van der Waals surface area contributed by atoms with Crippen molar-refractivity contribution in [3.05, 3.63) is 35.4 Å². The molecule has 0 saturated carbocycles. The molecule has 1 unspecified atom stereocenters. The topological polar surface area (TPSA) is 70.7 Å². The van der Waals surface area contributed by atoms with Crippen LogP contribution in [-0.2, 0) is 27.2 Å². The number of nitrogens with zero attached hydrogens (tertiary/aromatic N) is 1. The number of hydrogen-bond acceptors (Lipinski definition) is 4. The van der Waals surface area contributed by atoms with E-state index in [-0.39, 0.29) is 36.0 Å². The second-order valence-corrected chi connectivity index (χ2v) is 9.36. The van der Waals surface area contributed by atoms with E-state index < -0.39 is 6.04 Å². The standard InChI is InChI=1S/C25H37N3O3/c1-3-22(26-2)24(29)27-23-11-7-6-10-19-12-13-20(28(19)25(23)30)16-31-21-14-17-8-4-5-9-18(17)15-21/h4-5,8-9,19-23,26H,3,6-7,10-16H2,1-2H3,(H,27,29)/t19-,20-,22?,23-/m0/s1. The fourth-order valence-electron chi connectivity index (χ4n) is 5.61. The normalized spacial score (nSPS) is 27.4. The van der Waals surface area contributed by atoms with Gasteiger partial charge in [-0.25, -0.2) is 0 Å². The van der Waals surface area contributed by atoms with Crippen molar-refractivity contribution in [1.29, 1.82) is 0 Å². The summed E-state index contributed by atoms with van der Waals surface area (Å²) in [6, 6.07) is 8.28. The Balaban J connectivity index is 1.39. The molecule has 0 aromatic heterocycles. The molecule has 4 rings (SSSR count). The van der Waals surface area contributed by atoms with Gasteiger partial charge >= 0.3 is 0 Å². The van der Waals surface area contributed by atoms with Gasteiger partial charge in [-0.1, -0.05) is 44.0 Å². The molecule has 0 spiro atoms. The van der Waals surface area contributed by atoms with E-state index in [1.54, 1.807) is 7.05 Å².